The van der Waals surface area contributed by atoms with Crippen LogP contribution in [0.1, 0.15) is 77.7 Å². The minimum Gasteiger partial charge on any atom is -0.460 e. The van der Waals surface area contributed by atoms with E-state index in [1.165, 1.54) is 12.8 Å². The monoisotopic (exact) mass is 426 g/mol. The number of nitrogens with zero attached hydrogens (tertiary/aromatic N) is 1. The summed E-state index contributed by atoms with van der Waals surface area (Å²) in [6.45, 7) is 8.97. The van der Waals surface area contributed by atoms with E-state index < -0.39 is 0 Å². The minimum atomic E-state index is -0.265. The minimum absolute atomic E-state index is 0.0278. The quantitative estimate of drug-likeness (QED) is 0.595. The molecule has 0 aliphatic heterocycles. The van der Waals surface area contributed by atoms with Crippen molar-refractivity contribution in [2.24, 2.45) is 16.7 Å². The number of benzene rings is 1. The van der Waals surface area contributed by atoms with Gasteiger partial charge in [0, 0.05) is 17.1 Å². The zero-order chi connectivity index (χ0) is 22.2. The average Bonchev–Trinajstić information content (AvgIpc) is 3.08. The molecule has 4 rings (SSSR count). The standard InChI is InChI=1S/C26H38N2O3/c1-18-10-12-20(13-11-18)27-24(30)28(21-8-6-5-7-9-21)17-23(29)31-22-16-19-14-15-26(22,4)25(19,2)3/h10-13,19,21-22H,5-9,14-17H2,1-4H3,(H,27,30)/t19-,22-,26+/m0/s1. The number of hydrogen-bond donors (Lipinski definition) is 1. The number of aryl methyl sites for hydroxylation is 1. The number of carbonyl (C=O) groups excluding carboxylic acids is 2. The van der Waals surface area contributed by atoms with Crippen molar-refractivity contribution in [1.82, 2.24) is 4.90 Å². The molecule has 1 aromatic carbocycles. The molecule has 2 bridgehead atoms. The van der Waals surface area contributed by atoms with Crippen LogP contribution < -0.4 is 5.32 Å². The van der Waals surface area contributed by atoms with Crippen molar-refractivity contribution in [1.29, 1.82) is 0 Å². The molecule has 31 heavy (non-hydrogen) atoms. The normalized spacial score (nSPS) is 29.5. The van der Waals surface area contributed by atoms with Gasteiger partial charge in [-0.15, -0.1) is 0 Å². The van der Waals surface area contributed by atoms with E-state index in [9.17, 15) is 9.59 Å². The van der Waals surface area contributed by atoms with Crippen molar-refractivity contribution in [3.05, 3.63) is 29.8 Å². The number of rotatable bonds is 5. The highest BCUT2D eigenvalue weighted by Gasteiger charge is 2.62. The van der Waals surface area contributed by atoms with Crippen LogP contribution in [0.2, 0.25) is 0 Å². The van der Waals surface area contributed by atoms with Gasteiger partial charge in [0.25, 0.3) is 0 Å². The number of nitrogens with one attached hydrogen (secondary N) is 1. The Balaban J connectivity index is 1.44. The van der Waals surface area contributed by atoms with Gasteiger partial charge in [-0.3, -0.25) is 4.79 Å². The maximum atomic E-state index is 13.2. The van der Waals surface area contributed by atoms with Crippen LogP contribution in [0, 0.1) is 23.7 Å². The largest absolute Gasteiger partial charge is 0.460 e. The molecular weight excluding hydrogens is 388 g/mol. The van der Waals surface area contributed by atoms with Gasteiger partial charge in [-0.1, -0.05) is 57.7 Å². The summed E-state index contributed by atoms with van der Waals surface area (Å²) in [7, 11) is 0. The lowest BCUT2D eigenvalue weighted by Gasteiger charge is -2.39. The molecule has 3 aliphatic rings. The lowest BCUT2D eigenvalue weighted by Crippen LogP contribution is -2.48. The zero-order valence-electron chi connectivity index (χ0n) is 19.6. The third-order valence-electron chi connectivity index (χ3n) is 8.87. The molecule has 0 aromatic heterocycles. The Morgan fingerprint density at radius 2 is 1.74 bits per heavy atom. The molecule has 5 heteroatoms. The second-order valence-electron chi connectivity index (χ2n) is 10.8. The molecule has 3 fully saturated rings. The topological polar surface area (TPSA) is 58.6 Å². The summed E-state index contributed by atoms with van der Waals surface area (Å²) in [6, 6.07) is 7.66. The zero-order valence-corrected chi connectivity index (χ0v) is 19.6. The fourth-order valence-corrected chi connectivity index (χ4v) is 6.24. The molecule has 1 aromatic rings. The van der Waals surface area contributed by atoms with Crippen molar-refractivity contribution in [2.45, 2.75) is 91.2 Å². The lowest BCUT2D eigenvalue weighted by atomic mass is 9.70. The van der Waals surface area contributed by atoms with Gasteiger partial charge in [-0.05, 0) is 62.5 Å². The molecule has 2 amide bonds. The first-order valence-corrected chi connectivity index (χ1v) is 12.0. The molecule has 5 nitrogen and oxygen atoms in total. The van der Waals surface area contributed by atoms with Gasteiger partial charge in [0.1, 0.15) is 12.6 Å². The van der Waals surface area contributed by atoms with Gasteiger partial charge >= 0.3 is 12.0 Å². The summed E-state index contributed by atoms with van der Waals surface area (Å²) in [6.07, 6.45) is 8.56. The van der Waals surface area contributed by atoms with E-state index in [2.05, 4.69) is 26.1 Å². The number of urea groups is 1. The molecule has 0 saturated heterocycles. The molecule has 0 heterocycles. The van der Waals surface area contributed by atoms with Crippen LogP contribution >= 0.6 is 0 Å². The van der Waals surface area contributed by atoms with Crippen molar-refractivity contribution >= 4 is 17.7 Å². The van der Waals surface area contributed by atoms with E-state index in [0.717, 1.165) is 49.8 Å². The number of anilines is 1. The summed E-state index contributed by atoms with van der Waals surface area (Å²) >= 11 is 0. The molecule has 170 valence electrons. The number of hydrogen-bond acceptors (Lipinski definition) is 3. The first-order chi connectivity index (χ1) is 14.7. The van der Waals surface area contributed by atoms with Crippen LogP contribution in [-0.4, -0.2) is 35.6 Å². The maximum absolute atomic E-state index is 13.2. The van der Waals surface area contributed by atoms with E-state index in [4.69, 9.17) is 4.74 Å². The molecule has 0 unspecified atom stereocenters. The van der Waals surface area contributed by atoms with E-state index >= 15 is 0 Å². The van der Waals surface area contributed by atoms with E-state index in [-0.39, 0.29) is 41.5 Å². The number of carbonyl (C=O) groups is 2. The summed E-state index contributed by atoms with van der Waals surface area (Å²) < 4.78 is 6.06. The van der Waals surface area contributed by atoms with Gasteiger partial charge in [-0.2, -0.15) is 0 Å². The van der Waals surface area contributed by atoms with Gasteiger partial charge in [0.2, 0.25) is 0 Å². The third-order valence-corrected chi connectivity index (χ3v) is 8.87. The molecule has 3 saturated carbocycles. The molecule has 3 atom stereocenters. The van der Waals surface area contributed by atoms with Crippen molar-refractivity contribution < 1.29 is 14.3 Å². The molecule has 0 radical (unpaired) electrons. The average molecular weight is 427 g/mol. The van der Waals surface area contributed by atoms with Crippen LogP contribution in [0.4, 0.5) is 10.5 Å². The van der Waals surface area contributed by atoms with Crippen molar-refractivity contribution in [3.63, 3.8) is 0 Å². The Hall–Kier alpha value is -2.04. The third kappa shape index (κ3) is 4.20. The summed E-state index contributed by atoms with van der Waals surface area (Å²) in [5, 5.41) is 2.99. The lowest BCUT2D eigenvalue weighted by molar-refractivity contribution is -0.158. The molecule has 3 aliphatic carbocycles. The summed E-state index contributed by atoms with van der Waals surface area (Å²) in [5.74, 6) is 0.355. The Bertz CT molecular complexity index is 812. The van der Waals surface area contributed by atoms with Crippen LogP contribution in [0.15, 0.2) is 24.3 Å². The van der Waals surface area contributed by atoms with Crippen LogP contribution in [0.5, 0.6) is 0 Å². The van der Waals surface area contributed by atoms with Gasteiger partial charge in [0.05, 0.1) is 0 Å². The first-order valence-electron chi connectivity index (χ1n) is 12.0. The Morgan fingerprint density at radius 3 is 2.32 bits per heavy atom. The molecule has 0 spiro atoms. The van der Waals surface area contributed by atoms with Crippen LogP contribution in [0.25, 0.3) is 0 Å². The summed E-state index contributed by atoms with van der Waals surface area (Å²) in [5.41, 5.74) is 2.14. The number of ether oxygens (including phenoxy) is 1. The smallest absolute Gasteiger partial charge is 0.326 e. The highest BCUT2D eigenvalue weighted by atomic mass is 16.5. The predicted octanol–water partition coefficient (Wildman–Crippen LogP) is 5.92. The highest BCUT2D eigenvalue weighted by Crippen LogP contribution is 2.66. The van der Waals surface area contributed by atoms with Crippen LogP contribution in [0.3, 0.4) is 0 Å². The SMILES string of the molecule is Cc1ccc(NC(=O)N(CC(=O)O[C@H]2C[C@@H]3CC[C@@]2(C)C3(C)C)C2CCCCC2)cc1. The van der Waals surface area contributed by atoms with E-state index in [1.54, 1.807) is 4.90 Å². The molecule has 1 N–H and O–H groups in total. The van der Waals surface area contributed by atoms with Gasteiger partial charge < -0.3 is 15.0 Å². The second kappa shape index (κ2) is 8.48. The highest BCUT2D eigenvalue weighted by molar-refractivity contribution is 5.91. The maximum Gasteiger partial charge on any atom is 0.326 e. The van der Waals surface area contributed by atoms with Crippen LogP contribution in [-0.2, 0) is 9.53 Å². The Morgan fingerprint density at radius 1 is 1.06 bits per heavy atom. The summed E-state index contributed by atoms with van der Waals surface area (Å²) in [4.78, 5) is 27.9. The van der Waals surface area contributed by atoms with Gasteiger partial charge in [0.15, 0.2) is 0 Å². The predicted molar refractivity (Wildman–Crippen MR) is 123 cm³/mol. The number of fused-ring (bicyclic) bond motifs is 2. The molecular formula is C26H38N2O3. The number of amides is 2. The second-order valence-corrected chi connectivity index (χ2v) is 10.8. The van der Waals surface area contributed by atoms with Gasteiger partial charge in [-0.25, -0.2) is 4.79 Å². The Labute approximate surface area is 186 Å². The van der Waals surface area contributed by atoms with E-state index in [0.29, 0.717) is 5.92 Å². The Kier molecular flexibility index (Phi) is 6.06. The fraction of sp³-hybridized carbons (Fsp3) is 0.692. The van der Waals surface area contributed by atoms with E-state index in [1.807, 2.05) is 31.2 Å². The van der Waals surface area contributed by atoms with Crippen molar-refractivity contribution in [3.8, 4) is 0 Å². The van der Waals surface area contributed by atoms with Crippen molar-refractivity contribution in [2.75, 3.05) is 11.9 Å². The first kappa shape index (κ1) is 22.2. The fourth-order valence-electron chi connectivity index (χ4n) is 6.24. The number of esters is 1.